The molecule has 0 atom stereocenters. The highest BCUT2D eigenvalue weighted by Gasteiger charge is 2.15. The minimum Gasteiger partial charge on any atom is -0.361 e. The summed E-state index contributed by atoms with van der Waals surface area (Å²) < 4.78 is 5.11. The van der Waals surface area contributed by atoms with Gasteiger partial charge in [0.1, 0.15) is 5.76 Å². The van der Waals surface area contributed by atoms with Crippen molar-refractivity contribution in [3.8, 4) is 22.4 Å². The fraction of sp³-hybridized carbons (Fsp3) is 0.136. The van der Waals surface area contributed by atoms with E-state index in [4.69, 9.17) is 4.52 Å². The number of hydrogen-bond donors (Lipinski definition) is 1. The SMILES string of the molecule is Cc1noc(C)c1CC(=O)Nc1nc(-c2ccc(-c3ccccc3)cc2)cs1. The second-order valence-corrected chi connectivity index (χ2v) is 7.37. The zero-order chi connectivity index (χ0) is 19.5. The average molecular weight is 389 g/mol. The molecule has 2 heterocycles. The number of amides is 1. The lowest BCUT2D eigenvalue weighted by atomic mass is 10.0. The number of nitrogens with zero attached hydrogens (tertiary/aromatic N) is 2. The summed E-state index contributed by atoms with van der Waals surface area (Å²) in [6, 6.07) is 18.5. The van der Waals surface area contributed by atoms with E-state index in [1.54, 1.807) is 0 Å². The van der Waals surface area contributed by atoms with Gasteiger partial charge in [0.05, 0.1) is 17.8 Å². The summed E-state index contributed by atoms with van der Waals surface area (Å²) in [7, 11) is 0. The maximum atomic E-state index is 12.3. The van der Waals surface area contributed by atoms with Crippen LogP contribution in [0.3, 0.4) is 0 Å². The molecule has 0 saturated heterocycles. The monoisotopic (exact) mass is 389 g/mol. The minimum absolute atomic E-state index is 0.130. The molecule has 1 amide bonds. The van der Waals surface area contributed by atoms with E-state index in [9.17, 15) is 4.79 Å². The van der Waals surface area contributed by atoms with Crippen LogP contribution >= 0.6 is 11.3 Å². The molecule has 0 fully saturated rings. The van der Waals surface area contributed by atoms with Crippen molar-refractivity contribution in [2.75, 3.05) is 5.32 Å². The fourth-order valence-electron chi connectivity index (χ4n) is 3.01. The van der Waals surface area contributed by atoms with E-state index in [0.717, 1.165) is 28.1 Å². The second kappa shape index (κ2) is 7.78. The summed E-state index contributed by atoms with van der Waals surface area (Å²) in [4.78, 5) is 16.9. The topological polar surface area (TPSA) is 68.0 Å². The van der Waals surface area contributed by atoms with Crippen molar-refractivity contribution < 1.29 is 9.32 Å². The molecular weight excluding hydrogens is 370 g/mol. The van der Waals surface area contributed by atoms with E-state index in [-0.39, 0.29) is 12.3 Å². The van der Waals surface area contributed by atoms with Crippen LogP contribution in [0.15, 0.2) is 64.5 Å². The van der Waals surface area contributed by atoms with Crippen LogP contribution in [0, 0.1) is 13.8 Å². The Balaban J connectivity index is 1.45. The third-order valence-electron chi connectivity index (χ3n) is 4.56. The molecule has 0 saturated carbocycles. The molecule has 0 unspecified atom stereocenters. The minimum atomic E-state index is -0.130. The molecule has 2 aromatic carbocycles. The van der Waals surface area contributed by atoms with Crippen LogP contribution < -0.4 is 5.32 Å². The van der Waals surface area contributed by atoms with Crippen molar-refractivity contribution in [2.24, 2.45) is 0 Å². The highest BCUT2D eigenvalue weighted by Crippen LogP contribution is 2.27. The van der Waals surface area contributed by atoms with E-state index < -0.39 is 0 Å². The molecule has 0 aliphatic rings. The lowest BCUT2D eigenvalue weighted by molar-refractivity contribution is -0.115. The standard InChI is InChI=1S/C22H19N3O2S/c1-14-19(15(2)27-25-14)12-21(26)24-22-23-20(13-28-22)18-10-8-17(9-11-18)16-6-4-3-5-7-16/h3-11,13H,12H2,1-2H3,(H,23,24,26). The number of anilines is 1. The third kappa shape index (κ3) is 3.87. The predicted octanol–water partition coefficient (Wildman–Crippen LogP) is 5.26. The Morgan fingerprint density at radius 2 is 1.68 bits per heavy atom. The molecular formula is C22H19N3O2S. The molecule has 4 aromatic rings. The van der Waals surface area contributed by atoms with Crippen molar-refractivity contribution in [3.63, 3.8) is 0 Å². The Bertz CT molecular complexity index is 1080. The number of thiazole rings is 1. The van der Waals surface area contributed by atoms with Gasteiger partial charge in [0, 0.05) is 16.5 Å². The summed E-state index contributed by atoms with van der Waals surface area (Å²) >= 11 is 1.41. The molecule has 4 rings (SSSR count). The zero-order valence-electron chi connectivity index (χ0n) is 15.6. The summed E-state index contributed by atoms with van der Waals surface area (Å²) in [5.74, 6) is 0.542. The van der Waals surface area contributed by atoms with Gasteiger partial charge in [-0.3, -0.25) is 4.79 Å². The molecule has 5 nitrogen and oxygen atoms in total. The van der Waals surface area contributed by atoms with Gasteiger partial charge in [-0.1, -0.05) is 59.8 Å². The molecule has 0 spiro atoms. The number of carbonyl (C=O) groups excluding carboxylic acids is 1. The van der Waals surface area contributed by atoms with E-state index in [1.807, 2.05) is 49.6 Å². The van der Waals surface area contributed by atoms with Crippen LogP contribution in [0.25, 0.3) is 22.4 Å². The quantitative estimate of drug-likeness (QED) is 0.505. The molecule has 0 aliphatic carbocycles. The largest absolute Gasteiger partial charge is 0.361 e. The lowest BCUT2D eigenvalue weighted by Crippen LogP contribution is -2.15. The first-order valence-electron chi connectivity index (χ1n) is 8.93. The number of rotatable bonds is 5. The van der Waals surface area contributed by atoms with E-state index >= 15 is 0 Å². The van der Waals surface area contributed by atoms with Crippen molar-refractivity contribution in [1.82, 2.24) is 10.1 Å². The van der Waals surface area contributed by atoms with Crippen molar-refractivity contribution in [1.29, 1.82) is 0 Å². The summed E-state index contributed by atoms with van der Waals surface area (Å²) in [5.41, 5.74) is 5.77. The first kappa shape index (κ1) is 18.1. The maximum Gasteiger partial charge on any atom is 0.230 e. The number of hydrogen-bond acceptors (Lipinski definition) is 5. The van der Waals surface area contributed by atoms with E-state index in [0.29, 0.717) is 10.9 Å². The molecule has 0 radical (unpaired) electrons. The normalized spacial score (nSPS) is 10.8. The number of benzene rings is 2. The Labute approximate surface area is 167 Å². The van der Waals surface area contributed by atoms with Crippen LogP contribution in [0.2, 0.25) is 0 Å². The van der Waals surface area contributed by atoms with Gasteiger partial charge in [-0.05, 0) is 25.0 Å². The Morgan fingerprint density at radius 1 is 1.00 bits per heavy atom. The van der Waals surface area contributed by atoms with Crippen molar-refractivity contribution in [2.45, 2.75) is 20.3 Å². The first-order chi connectivity index (χ1) is 13.6. The van der Waals surface area contributed by atoms with Gasteiger partial charge in [0.2, 0.25) is 5.91 Å². The van der Waals surface area contributed by atoms with Gasteiger partial charge in [-0.15, -0.1) is 11.3 Å². The van der Waals surface area contributed by atoms with Gasteiger partial charge in [-0.25, -0.2) is 4.98 Å². The maximum absolute atomic E-state index is 12.3. The fourth-order valence-corrected chi connectivity index (χ4v) is 3.74. The number of aromatic nitrogens is 2. The smallest absolute Gasteiger partial charge is 0.230 e. The number of carbonyl (C=O) groups is 1. The molecule has 28 heavy (non-hydrogen) atoms. The molecule has 140 valence electrons. The van der Waals surface area contributed by atoms with Gasteiger partial charge in [0.25, 0.3) is 0 Å². The van der Waals surface area contributed by atoms with Crippen LogP contribution in [0.5, 0.6) is 0 Å². The number of nitrogens with one attached hydrogen (secondary N) is 1. The number of aryl methyl sites for hydroxylation is 2. The molecule has 0 aliphatic heterocycles. The van der Waals surface area contributed by atoms with E-state index in [1.165, 1.54) is 16.9 Å². The first-order valence-corrected chi connectivity index (χ1v) is 9.81. The average Bonchev–Trinajstić information content (AvgIpc) is 3.31. The predicted molar refractivity (Wildman–Crippen MR) is 111 cm³/mol. The van der Waals surface area contributed by atoms with Crippen molar-refractivity contribution >= 4 is 22.4 Å². The van der Waals surface area contributed by atoms with Crippen LogP contribution in [-0.4, -0.2) is 16.0 Å². The van der Waals surface area contributed by atoms with Crippen molar-refractivity contribution in [3.05, 3.63) is 77.0 Å². The summed E-state index contributed by atoms with van der Waals surface area (Å²) in [6.45, 7) is 3.64. The van der Waals surface area contributed by atoms with Gasteiger partial charge in [0.15, 0.2) is 5.13 Å². The molecule has 2 aromatic heterocycles. The summed E-state index contributed by atoms with van der Waals surface area (Å²) in [5, 5.41) is 9.27. The second-order valence-electron chi connectivity index (χ2n) is 6.51. The molecule has 0 bridgehead atoms. The van der Waals surface area contributed by atoms with E-state index in [2.05, 4.69) is 39.7 Å². The van der Waals surface area contributed by atoms with Gasteiger partial charge in [-0.2, -0.15) is 0 Å². The third-order valence-corrected chi connectivity index (χ3v) is 5.31. The highest BCUT2D eigenvalue weighted by atomic mass is 32.1. The highest BCUT2D eigenvalue weighted by molar-refractivity contribution is 7.14. The Hall–Kier alpha value is -3.25. The van der Waals surface area contributed by atoms with Gasteiger partial charge < -0.3 is 9.84 Å². The molecule has 1 N–H and O–H groups in total. The van der Waals surface area contributed by atoms with Gasteiger partial charge >= 0.3 is 0 Å². The Kier molecular flexibility index (Phi) is 5.04. The molecule has 6 heteroatoms. The van der Waals surface area contributed by atoms with Crippen LogP contribution in [0.4, 0.5) is 5.13 Å². The lowest BCUT2D eigenvalue weighted by Gasteiger charge is -2.03. The van der Waals surface area contributed by atoms with Crippen LogP contribution in [-0.2, 0) is 11.2 Å². The summed E-state index contributed by atoms with van der Waals surface area (Å²) in [6.07, 6.45) is 0.224. The zero-order valence-corrected chi connectivity index (χ0v) is 16.4. The Morgan fingerprint density at radius 3 is 2.36 bits per heavy atom. The van der Waals surface area contributed by atoms with Crippen LogP contribution in [0.1, 0.15) is 17.0 Å².